The van der Waals surface area contributed by atoms with Gasteiger partial charge in [0.15, 0.2) is 0 Å². The van der Waals surface area contributed by atoms with Crippen molar-refractivity contribution < 1.29 is 9.59 Å². The second-order valence-corrected chi connectivity index (χ2v) is 11.9. The third-order valence-electron chi connectivity index (χ3n) is 10.2. The molecule has 7 aliphatic carbocycles. The molecule has 1 saturated heterocycles. The molecule has 3 heteroatoms. The van der Waals surface area contributed by atoms with E-state index in [1.807, 2.05) is 0 Å². The van der Waals surface area contributed by atoms with Crippen LogP contribution in [0, 0.1) is 35.0 Å². The van der Waals surface area contributed by atoms with Crippen molar-refractivity contribution in [3.8, 4) is 0 Å². The summed E-state index contributed by atoms with van der Waals surface area (Å²) in [4.78, 5) is 29.7. The van der Waals surface area contributed by atoms with Gasteiger partial charge in [0, 0.05) is 18.4 Å². The summed E-state index contributed by atoms with van der Waals surface area (Å²) in [5, 5.41) is 0. The molecule has 5 fully saturated rings. The number of rotatable bonds is 2. The van der Waals surface area contributed by atoms with E-state index < -0.39 is 0 Å². The molecule has 2 aromatic carbocycles. The van der Waals surface area contributed by atoms with Gasteiger partial charge in [0.25, 0.3) is 0 Å². The molecule has 2 unspecified atom stereocenters. The molecule has 1 aliphatic heterocycles. The Morgan fingerprint density at radius 2 is 1.03 bits per heavy atom. The summed E-state index contributed by atoms with van der Waals surface area (Å²) < 4.78 is 0. The maximum absolute atomic E-state index is 14.0. The van der Waals surface area contributed by atoms with E-state index in [2.05, 4.69) is 48.5 Å². The summed E-state index contributed by atoms with van der Waals surface area (Å²) in [6.45, 7) is 0.688. The standard InChI is InChI=1S/C29H29NO2/c31-27-25-23-19-5-1-2-6-20(19)24(22-8-4-3-7-21(22)23)26(25)28(32)30(27)15-29-12-16-9-17(13-29)11-18(10-16)14-29/h1-8,16-18,23-26H,9-15H2. The van der Waals surface area contributed by atoms with Crippen molar-refractivity contribution in [2.45, 2.75) is 50.4 Å². The molecule has 6 bridgehead atoms. The van der Waals surface area contributed by atoms with Gasteiger partial charge >= 0.3 is 0 Å². The first kappa shape index (κ1) is 18.1. The van der Waals surface area contributed by atoms with Gasteiger partial charge in [-0.1, -0.05) is 48.5 Å². The molecule has 10 rings (SSSR count). The average molecular weight is 424 g/mol. The van der Waals surface area contributed by atoms with Gasteiger partial charge in [-0.25, -0.2) is 0 Å². The van der Waals surface area contributed by atoms with Gasteiger partial charge in [-0.2, -0.15) is 0 Å². The molecule has 2 amide bonds. The summed E-state index contributed by atoms with van der Waals surface area (Å²) >= 11 is 0. The number of imide groups is 1. The van der Waals surface area contributed by atoms with Gasteiger partial charge in [-0.3, -0.25) is 14.5 Å². The van der Waals surface area contributed by atoms with Crippen molar-refractivity contribution in [2.75, 3.05) is 6.54 Å². The summed E-state index contributed by atoms with van der Waals surface area (Å²) in [5.41, 5.74) is 5.29. The van der Waals surface area contributed by atoms with Gasteiger partial charge in [-0.15, -0.1) is 0 Å². The first-order valence-corrected chi connectivity index (χ1v) is 12.6. The highest BCUT2D eigenvalue weighted by molar-refractivity contribution is 6.07. The Hall–Kier alpha value is -2.42. The van der Waals surface area contributed by atoms with Crippen LogP contribution in [-0.4, -0.2) is 23.3 Å². The Bertz CT molecular complexity index is 1030. The van der Waals surface area contributed by atoms with Crippen LogP contribution in [0.2, 0.25) is 0 Å². The molecule has 3 nitrogen and oxygen atoms in total. The Morgan fingerprint density at radius 1 is 0.656 bits per heavy atom. The molecule has 162 valence electrons. The number of hydrogen-bond donors (Lipinski definition) is 0. The highest BCUT2D eigenvalue weighted by Gasteiger charge is 2.63. The molecule has 0 spiro atoms. The minimum Gasteiger partial charge on any atom is -0.281 e. The van der Waals surface area contributed by atoms with Crippen LogP contribution in [0.25, 0.3) is 0 Å². The lowest BCUT2D eigenvalue weighted by molar-refractivity contribution is -0.146. The molecule has 4 saturated carbocycles. The third-order valence-corrected chi connectivity index (χ3v) is 10.2. The van der Waals surface area contributed by atoms with Crippen LogP contribution in [0.5, 0.6) is 0 Å². The quantitative estimate of drug-likeness (QED) is 0.631. The number of nitrogens with zero attached hydrogens (tertiary/aromatic N) is 1. The van der Waals surface area contributed by atoms with Crippen LogP contribution >= 0.6 is 0 Å². The zero-order chi connectivity index (χ0) is 21.2. The van der Waals surface area contributed by atoms with Crippen LogP contribution in [0.1, 0.15) is 72.6 Å². The lowest BCUT2D eigenvalue weighted by atomic mass is 9.49. The summed E-state index contributed by atoms with van der Waals surface area (Å²) in [6, 6.07) is 17.1. The van der Waals surface area contributed by atoms with E-state index in [1.54, 1.807) is 4.90 Å². The van der Waals surface area contributed by atoms with E-state index in [0.717, 1.165) is 17.8 Å². The van der Waals surface area contributed by atoms with E-state index >= 15 is 0 Å². The van der Waals surface area contributed by atoms with Crippen molar-refractivity contribution in [2.24, 2.45) is 35.0 Å². The predicted octanol–water partition coefficient (Wildman–Crippen LogP) is 5.10. The first-order chi connectivity index (χ1) is 15.6. The molecular weight excluding hydrogens is 394 g/mol. The second kappa shape index (κ2) is 5.92. The topological polar surface area (TPSA) is 37.4 Å². The van der Waals surface area contributed by atoms with Crippen LogP contribution in [0.4, 0.5) is 0 Å². The van der Waals surface area contributed by atoms with Crippen molar-refractivity contribution in [1.82, 2.24) is 4.90 Å². The lowest BCUT2D eigenvalue weighted by Crippen LogP contribution is -2.52. The Balaban J connectivity index is 1.21. The molecule has 0 N–H and O–H groups in total. The summed E-state index contributed by atoms with van der Waals surface area (Å²) in [7, 11) is 0. The van der Waals surface area contributed by atoms with E-state index in [1.165, 1.54) is 60.8 Å². The minimum absolute atomic E-state index is 0.0233. The second-order valence-electron chi connectivity index (χ2n) is 11.9. The first-order valence-electron chi connectivity index (χ1n) is 12.6. The van der Waals surface area contributed by atoms with Crippen LogP contribution in [0.15, 0.2) is 48.5 Å². The lowest BCUT2D eigenvalue weighted by Gasteiger charge is -2.57. The molecular formula is C29H29NO2. The fourth-order valence-electron chi connectivity index (χ4n) is 9.71. The van der Waals surface area contributed by atoms with Crippen molar-refractivity contribution in [3.05, 3.63) is 70.8 Å². The van der Waals surface area contributed by atoms with Gasteiger partial charge in [0.2, 0.25) is 11.8 Å². The van der Waals surface area contributed by atoms with Gasteiger partial charge in [0.05, 0.1) is 11.8 Å². The molecule has 0 radical (unpaired) electrons. The molecule has 1 heterocycles. The van der Waals surface area contributed by atoms with Gasteiger partial charge in [0.1, 0.15) is 0 Å². The fourth-order valence-corrected chi connectivity index (χ4v) is 9.71. The monoisotopic (exact) mass is 423 g/mol. The largest absolute Gasteiger partial charge is 0.281 e. The Morgan fingerprint density at radius 3 is 1.41 bits per heavy atom. The van der Waals surface area contributed by atoms with Crippen molar-refractivity contribution >= 4 is 11.8 Å². The molecule has 32 heavy (non-hydrogen) atoms. The number of hydrogen-bond acceptors (Lipinski definition) is 2. The molecule has 8 aliphatic rings. The molecule has 2 aromatic rings. The average Bonchev–Trinajstić information content (AvgIpc) is 3.03. The SMILES string of the molecule is O=C1C2C3c4ccccc4C(c4ccccc43)C2C(=O)N1CC12CC3CC(CC(C3)C1)C2. The molecule has 2 atom stereocenters. The Labute approximate surface area is 189 Å². The van der Waals surface area contributed by atoms with Crippen molar-refractivity contribution in [3.63, 3.8) is 0 Å². The van der Waals surface area contributed by atoms with E-state index in [4.69, 9.17) is 0 Å². The third kappa shape index (κ3) is 2.13. The zero-order valence-electron chi connectivity index (χ0n) is 18.4. The molecule has 0 aromatic heterocycles. The number of likely N-dealkylation sites (tertiary alicyclic amines) is 1. The maximum atomic E-state index is 14.0. The van der Waals surface area contributed by atoms with Crippen molar-refractivity contribution in [1.29, 1.82) is 0 Å². The van der Waals surface area contributed by atoms with E-state index in [0.29, 0.717) is 6.54 Å². The normalized spacial score (nSPS) is 42.2. The van der Waals surface area contributed by atoms with Crippen LogP contribution in [0.3, 0.4) is 0 Å². The number of carbonyl (C=O) groups excluding carboxylic acids is 2. The smallest absolute Gasteiger partial charge is 0.234 e. The maximum Gasteiger partial charge on any atom is 0.234 e. The van der Waals surface area contributed by atoms with Gasteiger partial charge < -0.3 is 0 Å². The van der Waals surface area contributed by atoms with E-state index in [9.17, 15) is 9.59 Å². The van der Waals surface area contributed by atoms with Crippen LogP contribution < -0.4 is 0 Å². The van der Waals surface area contributed by atoms with E-state index in [-0.39, 0.29) is 40.9 Å². The minimum atomic E-state index is -0.216. The number of carbonyl (C=O) groups is 2. The predicted molar refractivity (Wildman–Crippen MR) is 121 cm³/mol. The summed E-state index contributed by atoms with van der Waals surface area (Å²) in [5.74, 6) is 2.36. The van der Waals surface area contributed by atoms with Crippen LogP contribution in [-0.2, 0) is 9.59 Å². The summed E-state index contributed by atoms with van der Waals surface area (Å²) in [6.07, 6.45) is 7.87. The highest BCUT2D eigenvalue weighted by Crippen LogP contribution is 2.63. The number of amides is 2. The fraction of sp³-hybridized carbons (Fsp3) is 0.517. The number of benzene rings is 2. The Kier molecular flexibility index (Phi) is 3.34. The highest BCUT2D eigenvalue weighted by atomic mass is 16.2. The zero-order valence-corrected chi connectivity index (χ0v) is 18.4. The van der Waals surface area contributed by atoms with Gasteiger partial charge in [-0.05, 0) is 83.9 Å².